The molecule has 146 valence electrons. The fourth-order valence-corrected chi connectivity index (χ4v) is 3.49. The van der Waals surface area contributed by atoms with E-state index in [0.29, 0.717) is 17.4 Å². The highest BCUT2D eigenvalue weighted by Gasteiger charge is 2.36. The number of anilines is 1. The van der Waals surface area contributed by atoms with Gasteiger partial charge in [-0.05, 0) is 50.5 Å². The van der Waals surface area contributed by atoms with Crippen LogP contribution in [0.1, 0.15) is 54.0 Å². The summed E-state index contributed by atoms with van der Waals surface area (Å²) in [4.78, 5) is 30.9. The van der Waals surface area contributed by atoms with Gasteiger partial charge < -0.3 is 11.1 Å². The molecule has 1 aliphatic carbocycles. The molecule has 0 saturated heterocycles. The van der Waals surface area contributed by atoms with E-state index < -0.39 is 5.54 Å². The van der Waals surface area contributed by atoms with Crippen molar-refractivity contribution in [3.63, 3.8) is 0 Å². The lowest BCUT2D eigenvalue weighted by Gasteiger charge is -2.33. The number of hydrogen-bond donors (Lipinski definition) is 2. The molecule has 1 fully saturated rings. The number of benzene rings is 1. The Balaban J connectivity index is 1.60. The lowest BCUT2D eigenvalue weighted by molar-refractivity contribution is -0.128. The minimum atomic E-state index is -0.763. The Morgan fingerprint density at radius 3 is 2.75 bits per heavy atom. The first-order chi connectivity index (χ1) is 13.3. The lowest BCUT2D eigenvalue weighted by atomic mass is 9.87. The summed E-state index contributed by atoms with van der Waals surface area (Å²) in [5.41, 5.74) is 8.00. The van der Waals surface area contributed by atoms with E-state index >= 15 is 0 Å². The van der Waals surface area contributed by atoms with Crippen molar-refractivity contribution in [3.8, 4) is 0 Å². The number of aryl methyl sites for hydroxylation is 1. The van der Waals surface area contributed by atoms with Crippen LogP contribution in [0.2, 0.25) is 0 Å². The molecular weight excluding hydrogens is 356 g/mol. The van der Waals surface area contributed by atoms with Crippen LogP contribution in [0.3, 0.4) is 0 Å². The van der Waals surface area contributed by atoms with E-state index in [9.17, 15) is 9.59 Å². The number of nitrogens with zero attached hydrogens (tertiary/aromatic N) is 4. The van der Waals surface area contributed by atoms with E-state index in [1.165, 1.54) is 4.90 Å². The minimum absolute atomic E-state index is 0.0896. The maximum absolute atomic E-state index is 12.8. The van der Waals surface area contributed by atoms with Gasteiger partial charge in [0, 0.05) is 12.7 Å². The Kier molecular flexibility index (Phi) is 4.21. The summed E-state index contributed by atoms with van der Waals surface area (Å²) < 4.78 is 1.82. The number of guanidine groups is 1. The van der Waals surface area contributed by atoms with Crippen LogP contribution in [0, 0.1) is 6.92 Å². The van der Waals surface area contributed by atoms with Gasteiger partial charge in [-0.3, -0.25) is 19.2 Å². The van der Waals surface area contributed by atoms with Gasteiger partial charge in [0.25, 0.3) is 5.91 Å². The second-order valence-corrected chi connectivity index (χ2v) is 7.76. The fourth-order valence-electron chi connectivity index (χ4n) is 3.49. The number of amides is 2. The number of aliphatic imine (C=N–C) groups is 1. The van der Waals surface area contributed by atoms with Crippen LogP contribution in [0.4, 0.5) is 5.69 Å². The monoisotopic (exact) mass is 380 g/mol. The molecule has 1 aromatic heterocycles. The Bertz CT molecular complexity index is 990. The van der Waals surface area contributed by atoms with Crippen molar-refractivity contribution in [2.45, 2.75) is 44.7 Å². The molecule has 0 bridgehead atoms. The van der Waals surface area contributed by atoms with Crippen LogP contribution < -0.4 is 11.1 Å². The third-order valence-electron chi connectivity index (χ3n) is 5.30. The quantitative estimate of drug-likeness (QED) is 0.848. The second-order valence-electron chi connectivity index (χ2n) is 7.76. The maximum atomic E-state index is 12.8. The van der Waals surface area contributed by atoms with Crippen molar-refractivity contribution < 1.29 is 9.59 Å². The van der Waals surface area contributed by atoms with Gasteiger partial charge in [0.1, 0.15) is 5.69 Å². The zero-order chi connectivity index (χ0) is 20.1. The topological polar surface area (TPSA) is 106 Å². The lowest BCUT2D eigenvalue weighted by Crippen LogP contribution is -2.47. The third kappa shape index (κ3) is 3.26. The molecule has 2 aromatic rings. The molecule has 1 aliphatic heterocycles. The molecule has 8 nitrogen and oxygen atoms in total. The molecule has 1 saturated carbocycles. The van der Waals surface area contributed by atoms with E-state index in [2.05, 4.69) is 15.4 Å². The highest BCUT2D eigenvalue weighted by atomic mass is 16.2. The molecule has 2 amide bonds. The van der Waals surface area contributed by atoms with Crippen molar-refractivity contribution >= 4 is 23.5 Å². The Labute approximate surface area is 163 Å². The third-order valence-corrected chi connectivity index (χ3v) is 5.30. The molecule has 0 spiro atoms. The van der Waals surface area contributed by atoms with Gasteiger partial charge in [0.05, 0.1) is 23.7 Å². The normalized spacial score (nSPS) is 22.2. The van der Waals surface area contributed by atoms with Crippen LogP contribution >= 0.6 is 0 Å². The number of hydrogen-bond acceptors (Lipinski definition) is 5. The van der Waals surface area contributed by atoms with Gasteiger partial charge >= 0.3 is 0 Å². The Morgan fingerprint density at radius 1 is 1.32 bits per heavy atom. The molecular formula is C20H24N6O2. The van der Waals surface area contributed by atoms with Gasteiger partial charge in [-0.2, -0.15) is 5.10 Å². The summed E-state index contributed by atoms with van der Waals surface area (Å²) >= 11 is 0. The van der Waals surface area contributed by atoms with Gasteiger partial charge in [0.2, 0.25) is 5.91 Å². The van der Waals surface area contributed by atoms with Crippen molar-refractivity contribution in [3.05, 3.63) is 47.3 Å². The van der Waals surface area contributed by atoms with Crippen molar-refractivity contribution in [2.75, 3.05) is 12.4 Å². The van der Waals surface area contributed by atoms with Crippen LogP contribution in [0.5, 0.6) is 0 Å². The van der Waals surface area contributed by atoms with E-state index in [1.54, 1.807) is 13.1 Å². The van der Waals surface area contributed by atoms with Crippen molar-refractivity contribution in [1.82, 2.24) is 14.7 Å². The molecule has 1 atom stereocenters. The molecule has 2 aliphatic rings. The molecule has 2 heterocycles. The highest BCUT2D eigenvalue weighted by Crippen LogP contribution is 2.36. The first kappa shape index (κ1) is 18.2. The van der Waals surface area contributed by atoms with E-state index in [-0.39, 0.29) is 24.2 Å². The molecule has 4 rings (SSSR count). The predicted octanol–water partition coefficient (Wildman–Crippen LogP) is 2.17. The van der Waals surface area contributed by atoms with Crippen molar-refractivity contribution in [2.24, 2.45) is 10.7 Å². The zero-order valence-electron chi connectivity index (χ0n) is 16.3. The van der Waals surface area contributed by atoms with Crippen LogP contribution in [0.25, 0.3) is 0 Å². The average Bonchev–Trinajstić information content (AvgIpc) is 3.41. The van der Waals surface area contributed by atoms with E-state index in [1.807, 2.05) is 42.8 Å². The summed E-state index contributed by atoms with van der Waals surface area (Å²) in [6.45, 7) is 3.76. The predicted molar refractivity (Wildman–Crippen MR) is 106 cm³/mol. The standard InChI is InChI=1S/C20H24N6O2/c1-12-9-16(26(24-12)15-7-8-15)18(28)22-14-6-4-5-13(10-14)20(2)11-17(27)25(3)19(21)23-20/h4-6,9-10,15H,7-8,11H2,1-3H3,(H2,21,23)(H,22,28). The summed E-state index contributed by atoms with van der Waals surface area (Å²) in [5.74, 6) is -0.0949. The van der Waals surface area contributed by atoms with Gasteiger partial charge in [-0.15, -0.1) is 0 Å². The van der Waals surface area contributed by atoms with E-state index in [0.717, 1.165) is 24.1 Å². The number of nitrogens with one attached hydrogen (secondary N) is 1. The maximum Gasteiger partial charge on any atom is 0.273 e. The smallest absolute Gasteiger partial charge is 0.273 e. The second kappa shape index (κ2) is 6.47. The molecule has 3 N–H and O–H groups in total. The summed E-state index contributed by atoms with van der Waals surface area (Å²) in [6, 6.07) is 9.52. The molecule has 28 heavy (non-hydrogen) atoms. The van der Waals surface area contributed by atoms with Crippen LogP contribution in [-0.2, 0) is 10.3 Å². The van der Waals surface area contributed by atoms with Crippen LogP contribution in [-0.4, -0.2) is 39.5 Å². The van der Waals surface area contributed by atoms with Crippen molar-refractivity contribution in [1.29, 1.82) is 0 Å². The first-order valence-electron chi connectivity index (χ1n) is 9.37. The fraction of sp³-hybridized carbons (Fsp3) is 0.400. The molecule has 8 heteroatoms. The average molecular weight is 380 g/mol. The Morgan fingerprint density at radius 2 is 2.07 bits per heavy atom. The Hall–Kier alpha value is -3.16. The number of aromatic nitrogens is 2. The summed E-state index contributed by atoms with van der Waals surface area (Å²) in [5, 5.41) is 7.39. The SMILES string of the molecule is Cc1cc(C(=O)Nc2cccc(C3(C)CC(=O)N(C)C(N)=N3)c2)n(C2CC2)n1. The van der Waals surface area contributed by atoms with Gasteiger partial charge in [0.15, 0.2) is 5.96 Å². The number of rotatable bonds is 4. The molecule has 0 radical (unpaired) electrons. The summed E-state index contributed by atoms with van der Waals surface area (Å²) in [7, 11) is 1.61. The van der Waals surface area contributed by atoms with Gasteiger partial charge in [-0.1, -0.05) is 12.1 Å². The minimum Gasteiger partial charge on any atom is -0.369 e. The molecule has 1 unspecified atom stereocenters. The number of nitrogens with two attached hydrogens (primary N) is 1. The summed E-state index contributed by atoms with van der Waals surface area (Å²) in [6.07, 6.45) is 2.32. The van der Waals surface area contributed by atoms with E-state index in [4.69, 9.17) is 5.73 Å². The molecule has 1 aromatic carbocycles. The van der Waals surface area contributed by atoms with Crippen LogP contribution in [0.15, 0.2) is 35.3 Å². The first-order valence-corrected chi connectivity index (χ1v) is 9.37. The zero-order valence-corrected chi connectivity index (χ0v) is 16.3. The van der Waals surface area contributed by atoms with Gasteiger partial charge in [-0.25, -0.2) is 4.99 Å². The highest BCUT2D eigenvalue weighted by molar-refractivity contribution is 6.03. The largest absolute Gasteiger partial charge is 0.369 e. The number of carbonyl (C=O) groups is 2. The number of carbonyl (C=O) groups excluding carboxylic acids is 2.